The number of fused-ring (bicyclic) bond motifs is 2. The van der Waals surface area contributed by atoms with E-state index < -0.39 is 11.6 Å². The highest BCUT2D eigenvalue weighted by atomic mass is 19.1. The van der Waals surface area contributed by atoms with E-state index in [1.165, 1.54) is 6.07 Å². The molecule has 4 aromatic rings. The molecule has 2 unspecified atom stereocenters. The smallest absolute Gasteiger partial charge is 0.255 e. The maximum atomic E-state index is 15.0. The Kier molecular flexibility index (Phi) is 6.93. The Morgan fingerprint density at radius 1 is 1.05 bits per heavy atom. The van der Waals surface area contributed by atoms with E-state index in [9.17, 15) is 9.18 Å². The summed E-state index contributed by atoms with van der Waals surface area (Å²) in [6.45, 7) is 10.2. The molecule has 2 saturated heterocycles. The maximum Gasteiger partial charge on any atom is 0.255 e. The lowest BCUT2D eigenvalue weighted by Crippen LogP contribution is -2.47. The van der Waals surface area contributed by atoms with Gasteiger partial charge in [0.25, 0.3) is 5.91 Å². The summed E-state index contributed by atoms with van der Waals surface area (Å²) in [6, 6.07) is 6.99. The monoisotopic (exact) mass is 560 g/mol. The molecule has 2 aliphatic rings. The van der Waals surface area contributed by atoms with Gasteiger partial charge in [0.1, 0.15) is 22.9 Å². The Morgan fingerprint density at radius 3 is 2.61 bits per heavy atom. The third-order valence-corrected chi connectivity index (χ3v) is 8.41. The first-order chi connectivity index (χ1) is 19.6. The molecule has 41 heavy (non-hydrogen) atoms. The van der Waals surface area contributed by atoms with Crippen molar-refractivity contribution < 1.29 is 13.6 Å². The molecule has 214 valence electrons. The van der Waals surface area contributed by atoms with Crippen LogP contribution in [0.1, 0.15) is 54.6 Å². The zero-order valence-electron chi connectivity index (χ0n) is 23.9. The fourth-order valence-electron chi connectivity index (χ4n) is 6.43. The Hall–Kier alpha value is -3.99. The molecule has 9 nitrogen and oxygen atoms in total. The molecule has 3 aromatic heterocycles. The molecule has 0 bridgehead atoms. The van der Waals surface area contributed by atoms with Crippen molar-refractivity contribution in [2.45, 2.75) is 52.6 Å². The van der Waals surface area contributed by atoms with Gasteiger partial charge >= 0.3 is 0 Å². The van der Waals surface area contributed by atoms with Crippen molar-refractivity contribution in [2.75, 3.05) is 32.0 Å². The van der Waals surface area contributed by atoms with Crippen LogP contribution in [0.2, 0.25) is 0 Å². The standard InChI is InChI=1S/C30H34F2N8O/c1-16(2)40-18(4)35-28-22(31)12-20(13-25(28)40)27-23(32)14-33-30(37-27)36-26-7-6-21(17(3)34-26)29(41)39-11-9-24-19(15-39)8-10-38(24)5/h6-7,12-14,16,19,24H,8-11,15H2,1-5H3,(H,33,34,36,37). The second-order valence-corrected chi connectivity index (χ2v) is 11.4. The lowest BCUT2D eigenvalue weighted by molar-refractivity contribution is 0.0615. The Labute approximate surface area is 237 Å². The molecule has 2 atom stereocenters. The van der Waals surface area contributed by atoms with Crippen LogP contribution in [0.25, 0.3) is 22.3 Å². The van der Waals surface area contributed by atoms with Crippen LogP contribution in [0, 0.1) is 31.4 Å². The number of nitrogens with zero attached hydrogens (tertiary/aromatic N) is 7. The third kappa shape index (κ3) is 4.92. The van der Waals surface area contributed by atoms with Crippen LogP contribution < -0.4 is 5.32 Å². The number of nitrogens with one attached hydrogen (secondary N) is 1. The first kappa shape index (κ1) is 27.2. The number of pyridine rings is 1. The molecular formula is C30H34F2N8O. The molecule has 2 fully saturated rings. The number of hydrogen-bond donors (Lipinski definition) is 1. The highest BCUT2D eigenvalue weighted by Crippen LogP contribution is 2.32. The van der Waals surface area contributed by atoms with Gasteiger partial charge in [0.15, 0.2) is 11.6 Å². The second-order valence-electron chi connectivity index (χ2n) is 11.4. The topological polar surface area (TPSA) is 92.1 Å². The van der Waals surface area contributed by atoms with E-state index in [1.807, 2.05) is 30.2 Å². The number of imidazole rings is 1. The number of carbonyl (C=O) groups is 1. The van der Waals surface area contributed by atoms with Crippen molar-refractivity contribution in [1.29, 1.82) is 0 Å². The molecule has 1 N–H and O–H groups in total. The van der Waals surface area contributed by atoms with Crippen LogP contribution in [-0.2, 0) is 0 Å². The molecule has 0 spiro atoms. The predicted molar refractivity (Wildman–Crippen MR) is 153 cm³/mol. The zero-order chi connectivity index (χ0) is 29.0. The number of amides is 1. The normalized spacial score (nSPS) is 19.3. The lowest BCUT2D eigenvalue weighted by Gasteiger charge is -2.37. The van der Waals surface area contributed by atoms with E-state index >= 15 is 4.39 Å². The summed E-state index contributed by atoms with van der Waals surface area (Å²) in [5, 5.41) is 3.01. The molecule has 2 aliphatic heterocycles. The van der Waals surface area contributed by atoms with Crippen molar-refractivity contribution >= 4 is 28.7 Å². The number of anilines is 2. The van der Waals surface area contributed by atoms with Gasteiger partial charge in [-0.05, 0) is 84.3 Å². The van der Waals surface area contributed by atoms with E-state index in [-0.39, 0.29) is 34.7 Å². The molecular weight excluding hydrogens is 526 g/mol. The van der Waals surface area contributed by atoms with Crippen LogP contribution in [0.15, 0.2) is 30.5 Å². The molecule has 0 saturated carbocycles. The summed E-state index contributed by atoms with van der Waals surface area (Å²) >= 11 is 0. The summed E-state index contributed by atoms with van der Waals surface area (Å²) in [7, 11) is 2.16. The summed E-state index contributed by atoms with van der Waals surface area (Å²) < 4.78 is 31.9. The van der Waals surface area contributed by atoms with Crippen molar-refractivity contribution in [2.24, 2.45) is 5.92 Å². The fraction of sp³-hybridized carbons (Fsp3) is 0.433. The number of benzene rings is 1. The lowest BCUT2D eigenvalue weighted by atomic mass is 9.92. The van der Waals surface area contributed by atoms with Crippen LogP contribution in [-0.4, -0.2) is 72.9 Å². The average Bonchev–Trinajstić information content (AvgIpc) is 3.48. The summed E-state index contributed by atoms with van der Waals surface area (Å²) in [5.41, 5.74) is 2.19. The summed E-state index contributed by atoms with van der Waals surface area (Å²) in [4.78, 5) is 35.0. The van der Waals surface area contributed by atoms with E-state index in [4.69, 9.17) is 0 Å². The first-order valence-electron chi connectivity index (χ1n) is 14.1. The van der Waals surface area contributed by atoms with Gasteiger partial charge in [0.05, 0.1) is 23.0 Å². The van der Waals surface area contributed by atoms with Gasteiger partial charge in [0, 0.05) is 30.7 Å². The van der Waals surface area contributed by atoms with Crippen LogP contribution in [0.5, 0.6) is 0 Å². The van der Waals surface area contributed by atoms with Gasteiger partial charge in [-0.2, -0.15) is 0 Å². The quantitative estimate of drug-likeness (QED) is 0.355. The average molecular weight is 561 g/mol. The number of piperidine rings is 1. The van der Waals surface area contributed by atoms with Crippen LogP contribution >= 0.6 is 0 Å². The third-order valence-electron chi connectivity index (χ3n) is 8.41. The highest BCUT2D eigenvalue weighted by Gasteiger charge is 2.38. The van der Waals surface area contributed by atoms with Gasteiger partial charge in [-0.25, -0.2) is 28.7 Å². The van der Waals surface area contributed by atoms with E-state index in [1.54, 1.807) is 25.1 Å². The number of carbonyl (C=O) groups excluding carboxylic acids is 1. The Bertz CT molecular complexity index is 1650. The van der Waals surface area contributed by atoms with Crippen molar-refractivity contribution in [3.8, 4) is 11.3 Å². The largest absolute Gasteiger partial charge is 0.338 e. The predicted octanol–water partition coefficient (Wildman–Crippen LogP) is 5.27. The minimum atomic E-state index is -0.677. The van der Waals surface area contributed by atoms with Gasteiger partial charge in [-0.15, -0.1) is 0 Å². The molecule has 0 aliphatic carbocycles. The molecule has 1 amide bonds. The maximum absolute atomic E-state index is 15.0. The Balaban J connectivity index is 1.24. The van der Waals surface area contributed by atoms with Crippen molar-refractivity contribution in [3.63, 3.8) is 0 Å². The summed E-state index contributed by atoms with van der Waals surface area (Å²) in [5.74, 6) is 0.481. The zero-order valence-corrected chi connectivity index (χ0v) is 23.9. The van der Waals surface area contributed by atoms with Crippen molar-refractivity contribution in [3.05, 3.63) is 59.2 Å². The minimum Gasteiger partial charge on any atom is -0.338 e. The van der Waals surface area contributed by atoms with E-state index in [2.05, 4.69) is 37.2 Å². The van der Waals surface area contributed by atoms with Crippen LogP contribution in [0.4, 0.5) is 20.5 Å². The van der Waals surface area contributed by atoms with Gasteiger partial charge in [-0.1, -0.05) is 0 Å². The molecule has 5 heterocycles. The minimum absolute atomic E-state index is 0.0110. The van der Waals surface area contributed by atoms with Crippen molar-refractivity contribution in [1.82, 2.24) is 34.3 Å². The second kappa shape index (κ2) is 10.4. The first-order valence-corrected chi connectivity index (χ1v) is 14.1. The molecule has 1 aromatic carbocycles. The highest BCUT2D eigenvalue weighted by molar-refractivity contribution is 5.95. The Morgan fingerprint density at radius 2 is 1.85 bits per heavy atom. The summed E-state index contributed by atoms with van der Waals surface area (Å²) in [6.07, 6.45) is 3.15. The number of rotatable bonds is 5. The van der Waals surface area contributed by atoms with E-state index in [0.29, 0.717) is 40.4 Å². The van der Waals surface area contributed by atoms with E-state index in [0.717, 1.165) is 38.7 Å². The number of halogens is 2. The molecule has 6 rings (SSSR count). The SMILES string of the molecule is Cc1nc(Nc2ncc(F)c(-c3cc(F)c4nc(C)n(C(C)C)c4c3)n2)ccc1C(=O)N1CCC2C(CCN2C)C1. The van der Waals surface area contributed by atoms with Gasteiger partial charge in [-0.3, -0.25) is 4.79 Å². The number of likely N-dealkylation sites (tertiary alicyclic amines) is 2. The number of hydrogen-bond acceptors (Lipinski definition) is 7. The fourth-order valence-corrected chi connectivity index (χ4v) is 6.43. The number of aromatic nitrogens is 5. The van der Waals surface area contributed by atoms with Crippen LogP contribution in [0.3, 0.4) is 0 Å². The number of aryl methyl sites for hydroxylation is 2. The van der Waals surface area contributed by atoms with Gasteiger partial charge in [0.2, 0.25) is 5.95 Å². The molecule has 11 heteroatoms. The van der Waals surface area contributed by atoms with Gasteiger partial charge < -0.3 is 19.7 Å². The molecule has 0 radical (unpaired) electrons.